The highest BCUT2D eigenvalue weighted by Crippen LogP contribution is 2.02. The third-order valence-corrected chi connectivity index (χ3v) is 1.28. The molecule has 0 aliphatic rings. The van der Waals surface area contributed by atoms with Crippen molar-refractivity contribution in [2.45, 2.75) is 12.2 Å². The average Bonchev–Trinajstić information content (AvgIpc) is 2.14. The standard InChI is InChI=1S/C8H10O7/c1-3(9)5(11)7(13)15-8(14)6(12)4(2)10/h5-6,9-12H,1-2H2. The molecule has 0 amide bonds. The third-order valence-electron chi connectivity index (χ3n) is 1.28. The van der Waals surface area contributed by atoms with E-state index in [1.807, 2.05) is 0 Å². The summed E-state index contributed by atoms with van der Waals surface area (Å²) in [6.07, 6.45) is -4.18. The van der Waals surface area contributed by atoms with Gasteiger partial charge in [-0.1, -0.05) is 13.2 Å². The van der Waals surface area contributed by atoms with Crippen LogP contribution < -0.4 is 0 Å². The molecule has 0 aromatic carbocycles. The Morgan fingerprint density at radius 1 is 0.933 bits per heavy atom. The fraction of sp³-hybridized carbons (Fsp3) is 0.250. The Balaban J connectivity index is 4.37. The van der Waals surface area contributed by atoms with Gasteiger partial charge in [0.1, 0.15) is 11.5 Å². The summed E-state index contributed by atoms with van der Waals surface area (Å²) in [6.45, 7) is 5.65. The lowest BCUT2D eigenvalue weighted by molar-refractivity contribution is -0.170. The van der Waals surface area contributed by atoms with Crippen LogP contribution in [-0.2, 0) is 14.3 Å². The fourth-order valence-electron chi connectivity index (χ4n) is 0.483. The van der Waals surface area contributed by atoms with Crippen molar-refractivity contribution in [3.05, 3.63) is 24.7 Å². The number of aliphatic hydroxyl groups excluding tert-OH is 4. The molecule has 0 fully saturated rings. The van der Waals surface area contributed by atoms with Crippen LogP contribution in [0.5, 0.6) is 0 Å². The molecule has 0 aliphatic carbocycles. The first kappa shape index (κ1) is 13.1. The van der Waals surface area contributed by atoms with E-state index in [2.05, 4.69) is 17.9 Å². The summed E-state index contributed by atoms with van der Waals surface area (Å²) in [4.78, 5) is 21.6. The Labute approximate surface area is 84.5 Å². The topological polar surface area (TPSA) is 124 Å². The summed E-state index contributed by atoms with van der Waals surface area (Å²) in [7, 11) is 0. The van der Waals surface area contributed by atoms with Crippen molar-refractivity contribution in [1.82, 2.24) is 0 Å². The molecule has 0 aliphatic heterocycles. The van der Waals surface area contributed by atoms with Crippen molar-refractivity contribution in [2.24, 2.45) is 0 Å². The molecule has 0 heterocycles. The fourth-order valence-corrected chi connectivity index (χ4v) is 0.483. The summed E-state index contributed by atoms with van der Waals surface area (Å²) in [5.41, 5.74) is 0. The molecule has 0 rings (SSSR count). The van der Waals surface area contributed by atoms with Crippen LogP contribution in [0.25, 0.3) is 0 Å². The van der Waals surface area contributed by atoms with Gasteiger partial charge in [-0.25, -0.2) is 9.59 Å². The van der Waals surface area contributed by atoms with Crippen molar-refractivity contribution < 1.29 is 34.8 Å². The predicted molar refractivity (Wildman–Crippen MR) is 46.7 cm³/mol. The van der Waals surface area contributed by atoms with Crippen LogP contribution in [0.15, 0.2) is 24.7 Å². The largest absolute Gasteiger partial charge is 0.510 e. The van der Waals surface area contributed by atoms with E-state index in [0.717, 1.165) is 0 Å². The van der Waals surface area contributed by atoms with E-state index < -0.39 is 35.7 Å². The highest BCUT2D eigenvalue weighted by atomic mass is 16.6. The summed E-state index contributed by atoms with van der Waals surface area (Å²) in [5.74, 6) is -4.86. The van der Waals surface area contributed by atoms with Crippen LogP contribution in [-0.4, -0.2) is 44.6 Å². The molecule has 0 saturated carbocycles. The molecule has 0 saturated heterocycles. The highest BCUT2D eigenvalue weighted by Gasteiger charge is 2.27. The van der Waals surface area contributed by atoms with Gasteiger partial charge in [0.25, 0.3) is 0 Å². The van der Waals surface area contributed by atoms with Gasteiger partial charge in [0.05, 0.1) is 0 Å². The van der Waals surface area contributed by atoms with E-state index in [-0.39, 0.29) is 0 Å². The summed E-state index contributed by atoms with van der Waals surface area (Å²) < 4.78 is 3.88. The number of ether oxygens (including phenoxy) is 1. The maximum Gasteiger partial charge on any atom is 0.350 e. The first-order valence-corrected chi connectivity index (χ1v) is 3.64. The molecule has 7 heteroatoms. The molecule has 15 heavy (non-hydrogen) atoms. The lowest BCUT2D eigenvalue weighted by atomic mass is 10.3. The first-order chi connectivity index (χ1) is 6.77. The Kier molecular flexibility index (Phi) is 4.49. The molecule has 4 N–H and O–H groups in total. The van der Waals surface area contributed by atoms with E-state index in [0.29, 0.717) is 0 Å². The Bertz CT molecular complexity index is 276. The van der Waals surface area contributed by atoms with Gasteiger partial charge in [-0.05, 0) is 0 Å². The maximum atomic E-state index is 10.8. The molecule has 0 aromatic heterocycles. The van der Waals surface area contributed by atoms with Crippen molar-refractivity contribution in [3.8, 4) is 0 Å². The van der Waals surface area contributed by atoms with Crippen molar-refractivity contribution >= 4 is 11.9 Å². The first-order valence-electron chi connectivity index (χ1n) is 3.64. The lowest BCUT2D eigenvalue weighted by Crippen LogP contribution is -2.33. The predicted octanol–water partition coefficient (Wildman–Crippen LogP) is -1.08. The minimum absolute atomic E-state index is 0.912. The van der Waals surface area contributed by atoms with E-state index in [4.69, 9.17) is 20.4 Å². The van der Waals surface area contributed by atoms with Gasteiger partial charge in [0.15, 0.2) is 0 Å². The number of aliphatic hydroxyl groups is 4. The minimum Gasteiger partial charge on any atom is -0.510 e. The second-order valence-electron chi connectivity index (χ2n) is 2.53. The second-order valence-corrected chi connectivity index (χ2v) is 2.53. The van der Waals surface area contributed by atoms with Gasteiger partial charge in [-0.3, -0.25) is 0 Å². The van der Waals surface area contributed by atoms with Crippen LogP contribution in [0.2, 0.25) is 0 Å². The number of carbonyl (C=O) groups excluding carboxylic acids is 2. The van der Waals surface area contributed by atoms with Crippen LogP contribution >= 0.6 is 0 Å². The number of rotatable bonds is 4. The van der Waals surface area contributed by atoms with Gasteiger partial charge in [0.2, 0.25) is 12.2 Å². The van der Waals surface area contributed by atoms with Gasteiger partial charge >= 0.3 is 11.9 Å². The van der Waals surface area contributed by atoms with E-state index in [1.165, 1.54) is 0 Å². The smallest absolute Gasteiger partial charge is 0.350 e. The average molecular weight is 218 g/mol. The number of esters is 2. The minimum atomic E-state index is -2.09. The number of carbonyl (C=O) groups is 2. The molecular weight excluding hydrogens is 208 g/mol. The highest BCUT2D eigenvalue weighted by molar-refractivity contribution is 5.91. The van der Waals surface area contributed by atoms with E-state index in [9.17, 15) is 9.59 Å². The van der Waals surface area contributed by atoms with Gasteiger partial charge in [-0.15, -0.1) is 0 Å². The monoisotopic (exact) mass is 218 g/mol. The molecule has 0 spiro atoms. The van der Waals surface area contributed by atoms with E-state index >= 15 is 0 Å². The Morgan fingerprint density at radius 2 is 1.20 bits per heavy atom. The molecule has 0 radical (unpaired) electrons. The maximum absolute atomic E-state index is 10.8. The molecule has 84 valence electrons. The molecule has 0 aromatic rings. The quantitative estimate of drug-likeness (QED) is 0.269. The van der Waals surface area contributed by atoms with Crippen LogP contribution in [0, 0.1) is 0 Å². The zero-order valence-electron chi connectivity index (χ0n) is 7.58. The zero-order valence-corrected chi connectivity index (χ0v) is 7.58. The normalized spacial score (nSPS) is 13.7. The van der Waals surface area contributed by atoms with Crippen LogP contribution in [0.4, 0.5) is 0 Å². The summed E-state index contributed by atoms with van der Waals surface area (Å²) >= 11 is 0. The Hall–Kier alpha value is -1.86. The number of hydrogen-bond donors (Lipinski definition) is 4. The van der Waals surface area contributed by atoms with Crippen molar-refractivity contribution in [2.75, 3.05) is 0 Å². The molecule has 0 bridgehead atoms. The number of hydrogen-bond acceptors (Lipinski definition) is 7. The SMILES string of the molecule is C=C(O)C(O)C(=O)OC(=O)C(O)C(=C)O. The van der Waals surface area contributed by atoms with Crippen LogP contribution in [0.1, 0.15) is 0 Å². The van der Waals surface area contributed by atoms with Gasteiger partial charge in [0, 0.05) is 0 Å². The Morgan fingerprint density at radius 3 is 1.40 bits per heavy atom. The summed E-state index contributed by atoms with van der Waals surface area (Å²) in [5, 5.41) is 34.8. The van der Waals surface area contributed by atoms with Crippen LogP contribution in [0.3, 0.4) is 0 Å². The van der Waals surface area contributed by atoms with Gasteiger partial charge < -0.3 is 25.2 Å². The third kappa shape index (κ3) is 3.79. The van der Waals surface area contributed by atoms with Crippen molar-refractivity contribution in [1.29, 1.82) is 0 Å². The summed E-state index contributed by atoms with van der Waals surface area (Å²) in [6, 6.07) is 0. The van der Waals surface area contributed by atoms with Gasteiger partial charge in [-0.2, -0.15) is 0 Å². The van der Waals surface area contributed by atoms with E-state index in [1.54, 1.807) is 0 Å². The zero-order chi connectivity index (χ0) is 12.2. The molecular formula is C8H10O7. The lowest BCUT2D eigenvalue weighted by Gasteiger charge is -2.10. The second kappa shape index (κ2) is 5.13. The molecule has 2 unspecified atom stereocenters. The molecule has 2 atom stereocenters. The molecule has 7 nitrogen and oxygen atoms in total. The van der Waals surface area contributed by atoms with Crippen molar-refractivity contribution in [3.63, 3.8) is 0 Å².